The maximum absolute atomic E-state index is 11.0. The summed E-state index contributed by atoms with van der Waals surface area (Å²) in [5, 5.41) is 3.30. The fourth-order valence-electron chi connectivity index (χ4n) is 1.86. The SMILES string of the molecule is CC(=O)Nc1ncc(-c2ccc(-c3ccco3)cc2)s1. The molecule has 0 spiro atoms. The third kappa shape index (κ3) is 2.62. The Hall–Kier alpha value is -2.40. The average molecular weight is 284 g/mol. The lowest BCUT2D eigenvalue weighted by molar-refractivity contribution is -0.114. The van der Waals surface area contributed by atoms with Crippen LogP contribution in [0.3, 0.4) is 0 Å². The number of hydrogen-bond donors (Lipinski definition) is 1. The van der Waals surface area contributed by atoms with Gasteiger partial charge in [0.05, 0.1) is 11.1 Å². The maximum atomic E-state index is 11.0. The minimum absolute atomic E-state index is 0.112. The monoisotopic (exact) mass is 284 g/mol. The molecule has 2 aromatic heterocycles. The lowest BCUT2D eigenvalue weighted by atomic mass is 10.1. The first-order chi connectivity index (χ1) is 9.72. The zero-order chi connectivity index (χ0) is 13.9. The molecule has 0 aliphatic heterocycles. The van der Waals surface area contributed by atoms with Crippen LogP contribution in [-0.2, 0) is 4.79 Å². The first-order valence-corrected chi connectivity index (χ1v) is 6.92. The van der Waals surface area contributed by atoms with E-state index in [1.807, 2.05) is 36.4 Å². The van der Waals surface area contributed by atoms with Gasteiger partial charge in [0.1, 0.15) is 5.76 Å². The van der Waals surface area contributed by atoms with Crippen molar-refractivity contribution in [3.8, 4) is 21.8 Å². The van der Waals surface area contributed by atoms with Crippen LogP contribution >= 0.6 is 11.3 Å². The van der Waals surface area contributed by atoms with E-state index in [4.69, 9.17) is 4.42 Å². The fraction of sp³-hybridized carbons (Fsp3) is 0.0667. The van der Waals surface area contributed by atoms with E-state index < -0.39 is 0 Å². The molecule has 5 heteroatoms. The maximum Gasteiger partial charge on any atom is 0.223 e. The summed E-state index contributed by atoms with van der Waals surface area (Å²) in [6.45, 7) is 1.47. The van der Waals surface area contributed by atoms with Crippen LogP contribution in [0.4, 0.5) is 5.13 Å². The Morgan fingerprint density at radius 3 is 2.60 bits per heavy atom. The molecular formula is C15H12N2O2S. The van der Waals surface area contributed by atoms with E-state index >= 15 is 0 Å². The molecule has 20 heavy (non-hydrogen) atoms. The van der Waals surface area contributed by atoms with Gasteiger partial charge in [-0.15, -0.1) is 0 Å². The highest BCUT2D eigenvalue weighted by Gasteiger charge is 2.06. The van der Waals surface area contributed by atoms with Gasteiger partial charge >= 0.3 is 0 Å². The summed E-state index contributed by atoms with van der Waals surface area (Å²) in [7, 11) is 0. The largest absolute Gasteiger partial charge is 0.464 e. The molecule has 1 N–H and O–H groups in total. The summed E-state index contributed by atoms with van der Waals surface area (Å²) in [6, 6.07) is 11.8. The van der Waals surface area contributed by atoms with Gasteiger partial charge in [0.2, 0.25) is 5.91 Å². The van der Waals surface area contributed by atoms with Crippen molar-refractivity contribution in [3.63, 3.8) is 0 Å². The summed E-state index contributed by atoms with van der Waals surface area (Å²) in [4.78, 5) is 16.2. The number of nitrogens with one attached hydrogen (secondary N) is 1. The van der Waals surface area contributed by atoms with E-state index in [1.54, 1.807) is 12.5 Å². The first kappa shape index (κ1) is 12.6. The Labute approximate surface area is 120 Å². The normalized spacial score (nSPS) is 10.4. The number of furan rings is 1. The molecule has 3 aromatic rings. The van der Waals surface area contributed by atoms with Gasteiger partial charge in [0.15, 0.2) is 5.13 Å². The number of nitrogens with zero attached hydrogens (tertiary/aromatic N) is 1. The molecule has 0 atom stereocenters. The number of carbonyl (C=O) groups excluding carboxylic acids is 1. The van der Waals surface area contributed by atoms with Gasteiger partial charge in [-0.3, -0.25) is 4.79 Å². The highest BCUT2D eigenvalue weighted by Crippen LogP contribution is 2.30. The van der Waals surface area contributed by atoms with Crippen molar-refractivity contribution in [3.05, 3.63) is 48.9 Å². The fourth-order valence-corrected chi connectivity index (χ4v) is 2.73. The number of rotatable bonds is 3. The topological polar surface area (TPSA) is 55.1 Å². The van der Waals surface area contributed by atoms with Crippen molar-refractivity contribution in [2.75, 3.05) is 5.32 Å². The van der Waals surface area contributed by atoms with Gasteiger partial charge in [-0.2, -0.15) is 0 Å². The first-order valence-electron chi connectivity index (χ1n) is 6.10. The van der Waals surface area contributed by atoms with Gasteiger partial charge in [0, 0.05) is 18.7 Å². The van der Waals surface area contributed by atoms with Gasteiger partial charge in [0.25, 0.3) is 0 Å². The number of aromatic nitrogens is 1. The van der Waals surface area contributed by atoms with Crippen LogP contribution in [0.1, 0.15) is 6.92 Å². The molecule has 0 bridgehead atoms. The minimum atomic E-state index is -0.112. The average Bonchev–Trinajstić information content (AvgIpc) is 3.09. The molecule has 0 radical (unpaired) electrons. The second kappa shape index (κ2) is 5.30. The second-order valence-corrected chi connectivity index (χ2v) is 5.30. The van der Waals surface area contributed by atoms with E-state index in [-0.39, 0.29) is 5.91 Å². The standard InChI is InChI=1S/C15H12N2O2S/c1-10(18)17-15-16-9-14(20-15)12-6-4-11(5-7-12)13-3-2-8-19-13/h2-9H,1H3,(H,16,17,18). The summed E-state index contributed by atoms with van der Waals surface area (Å²) < 4.78 is 5.36. The van der Waals surface area contributed by atoms with Crippen LogP contribution in [-0.4, -0.2) is 10.9 Å². The van der Waals surface area contributed by atoms with E-state index in [0.29, 0.717) is 5.13 Å². The van der Waals surface area contributed by atoms with Gasteiger partial charge in [-0.05, 0) is 17.7 Å². The molecule has 0 fully saturated rings. The number of carbonyl (C=O) groups is 1. The van der Waals surface area contributed by atoms with Crippen LogP contribution in [0.25, 0.3) is 21.8 Å². The molecule has 3 rings (SSSR count). The Bertz CT molecular complexity index is 715. The molecular weight excluding hydrogens is 272 g/mol. The van der Waals surface area contributed by atoms with E-state index in [2.05, 4.69) is 10.3 Å². The quantitative estimate of drug-likeness (QED) is 0.790. The smallest absolute Gasteiger partial charge is 0.223 e. The van der Waals surface area contributed by atoms with Crippen molar-refractivity contribution in [1.29, 1.82) is 0 Å². The van der Waals surface area contributed by atoms with Crippen LogP contribution in [0, 0.1) is 0 Å². The molecule has 4 nitrogen and oxygen atoms in total. The lowest BCUT2D eigenvalue weighted by Crippen LogP contribution is -2.04. The number of thiazole rings is 1. The van der Waals surface area contributed by atoms with E-state index in [0.717, 1.165) is 21.8 Å². The second-order valence-electron chi connectivity index (χ2n) is 4.27. The Morgan fingerprint density at radius 2 is 1.95 bits per heavy atom. The highest BCUT2D eigenvalue weighted by molar-refractivity contribution is 7.19. The van der Waals surface area contributed by atoms with Crippen molar-refractivity contribution in [2.24, 2.45) is 0 Å². The third-order valence-corrected chi connectivity index (χ3v) is 3.73. The molecule has 1 amide bonds. The predicted octanol–water partition coefficient (Wildman–Crippen LogP) is 4.03. The third-order valence-electron chi connectivity index (χ3n) is 2.76. The van der Waals surface area contributed by atoms with Gasteiger partial charge in [-0.1, -0.05) is 35.6 Å². The highest BCUT2D eigenvalue weighted by atomic mass is 32.1. The summed E-state index contributed by atoms with van der Waals surface area (Å²) in [6.07, 6.45) is 3.42. The molecule has 1 aromatic carbocycles. The Morgan fingerprint density at radius 1 is 1.20 bits per heavy atom. The number of amides is 1. The molecule has 2 heterocycles. The van der Waals surface area contributed by atoms with Crippen molar-refractivity contribution in [1.82, 2.24) is 4.98 Å². The number of anilines is 1. The Kier molecular flexibility index (Phi) is 3.35. The van der Waals surface area contributed by atoms with Crippen molar-refractivity contribution < 1.29 is 9.21 Å². The van der Waals surface area contributed by atoms with Crippen molar-refractivity contribution in [2.45, 2.75) is 6.92 Å². The lowest BCUT2D eigenvalue weighted by Gasteiger charge is -1.99. The molecule has 0 saturated carbocycles. The zero-order valence-corrected chi connectivity index (χ0v) is 11.6. The Balaban J connectivity index is 1.84. The van der Waals surface area contributed by atoms with Crippen molar-refractivity contribution >= 4 is 22.4 Å². The minimum Gasteiger partial charge on any atom is -0.464 e. The molecule has 0 aliphatic rings. The predicted molar refractivity (Wildman–Crippen MR) is 79.6 cm³/mol. The molecule has 100 valence electrons. The van der Waals surface area contributed by atoms with E-state index in [9.17, 15) is 4.79 Å². The van der Waals surface area contributed by atoms with Gasteiger partial charge in [-0.25, -0.2) is 4.98 Å². The molecule has 0 aliphatic carbocycles. The summed E-state index contributed by atoms with van der Waals surface area (Å²) in [5.41, 5.74) is 2.10. The number of hydrogen-bond acceptors (Lipinski definition) is 4. The summed E-state index contributed by atoms with van der Waals surface area (Å²) >= 11 is 1.45. The van der Waals surface area contributed by atoms with Crippen LogP contribution < -0.4 is 5.32 Å². The van der Waals surface area contributed by atoms with E-state index in [1.165, 1.54) is 18.3 Å². The van der Waals surface area contributed by atoms with Crippen LogP contribution in [0.15, 0.2) is 53.3 Å². The zero-order valence-electron chi connectivity index (χ0n) is 10.8. The van der Waals surface area contributed by atoms with Gasteiger partial charge < -0.3 is 9.73 Å². The van der Waals surface area contributed by atoms with Crippen LogP contribution in [0.5, 0.6) is 0 Å². The molecule has 0 unspecified atom stereocenters. The van der Waals surface area contributed by atoms with Crippen LogP contribution in [0.2, 0.25) is 0 Å². The number of benzene rings is 1. The molecule has 0 saturated heterocycles. The summed E-state index contributed by atoms with van der Waals surface area (Å²) in [5.74, 6) is 0.735.